The van der Waals surface area contributed by atoms with Gasteiger partial charge in [-0.3, -0.25) is 0 Å². The van der Waals surface area contributed by atoms with Crippen LogP contribution in [0.25, 0.3) is 0 Å². The van der Waals surface area contributed by atoms with Crippen LogP contribution in [0.2, 0.25) is 0 Å². The lowest BCUT2D eigenvalue weighted by molar-refractivity contribution is 0.0596. The van der Waals surface area contributed by atoms with Gasteiger partial charge in [0.25, 0.3) is 6.43 Å². The maximum atomic E-state index is 13.0. The molecule has 2 rings (SSSR count). The van der Waals surface area contributed by atoms with E-state index in [1.54, 1.807) is 0 Å². The predicted octanol–water partition coefficient (Wildman–Crippen LogP) is 2.42. The third kappa shape index (κ3) is 3.28. The molecule has 0 bridgehead atoms. The van der Waals surface area contributed by atoms with Gasteiger partial charge in [0.1, 0.15) is 6.61 Å². The van der Waals surface area contributed by atoms with E-state index >= 15 is 0 Å². The summed E-state index contributed by atoms with van der Waals surface area (Å²) < 4.78 is 35.8. The summed E-state index contributed by atoms with van der Waals surface area (Å²) in [6.07, 6.45) is -1.54. The molecule has 0 amide bonds. The van der Waals surface area contributed by atoms with Gasteiger partial charge in [-0.2, -0.15) is 0 Å². The Labute approximate surface area is 118 Å². The van der Waals surface area contributed by atoms with Crippen molar-refractivity contribution in [3.05, 3.63) is 47.2 Å². The molecule has 0 unspecified atom stereocenters. The molecule has 0 aliphatic rings. The van der Waals surface area contributed by atoms with Crippen molar-refractivity contribution in [1.82, 2.24) is 9.94 Å². The van der Waals surface area contributed by atoms with Crippen LogP contribution < -0.4 is 4.74 Å². The fourth-order valence-electron chi connectivity index (χ4n) is 1.79. The molecule has 1 heterocycles. The highest BCUT2D eigenvalue weighted by Gasteiger charge is 2.21. The molecule has 1 aromatic carbocycles. The molecule has 0 saturated carbocycles. The lowest BCUT2D eigenvalue weighted by Crippen LogP contribution is -2.11. The molecule has 6 nitrogen and oxygen atoms in total. The summed E-state index contributed by atoms with van der Waals surface area (Å²) >= 11 is 0. The van der Waals surface area contributed by atoms with Gasteiger partial charge in [0.05, 0.1) is 18.9 Å². The quantitative estimate of drug-likeness (QED) is 0.678. The van der Waals surface area contributed by atoms with E-state index in [9.17, 15) is 13.6 Å². The summed E-state index contributed by atoms with van der Waals surface area (Å²) in [5.41, 5.74) is -0.299. The van der Waals surface area contributed by atoms with E-state index in [4.69, 9.17) is 9.94 Å². The third-order valence-corrected chi connectivity index (χ3v) is 2.77. The second-order valence-electron chi connectivity index (χ2n) is 4.03. The molecule has 0 spiro atoms. The summed E-state index contributed by atoms with van der Waals surface area (Å²) in [6.45, 7) is -0.304. The first kappa shape index (κ1) is 14.8. The number of rotatable bonds is 5. The zero-order valence-corrected chi connectivity index (χ0v) is 11.0. The van der Waals surface area contributed by atoms with Crippen molar-refractivity contribution in [2.45, 2.75) is 13.0 Å². The first-order valence-corrected chi connectivity index (χ1v) is 5.89. The first-order chi connectivity index (χ1) is 10.0. The molecule has 0 saturated heterocycles. The van der Waals surface area contributed by atoms with Crippen molar-refractivity contribution in [2.24, 2.45) is 0 Å². The number of carbonyl (C=O) groups excluding carboxylic acids is 1. The van der Waals surface area contributed by atoms with E-state index in [0.717, 1.165) is 7.11 Å². The van der Waals surface area contributed by atoms with Crippen molar-refractivity contribution in [1.29, 1.82) is 0 Å². The Hall–Kier alpha value is -2.64. The molecule has 8 heteroatoms. The van der Waals surface area contributed by atoms with Gasteiger partial charge in [0, 0.05) is 17.2 Å². The minimum atomic E-state index is -2.76. The lowest BCUT2D eigenvalue weighted by Gasteiger charge is -2.13. The normalized spacial score (nSPS) is 10.7. The summed E-state index contributed by atoms with van der Waals surface area (Å²) in [6, 6.07) is 5.28. The van der Waals surface area contributed by atoms with Crippen molar-refractivity contribution >= 4 is 5.97 Å². The monoisotopic (exact) mass is 298 g/mol. The Morgan fingerprint density at radius 3 is 2.76 bits per heavy atom. The van der Waals surface area contributed by atoms with E-state index in [-0.39, 0.29) is 29.2 Å². The lowest BCUT2D eigenvalue weighted by atomic mass is 10.0. The van der Waals surface area contributed by atoms with Gasteiger partial charge in [-0.1, -0.05) is 17.2 Å². The Balaban J connectivity index is 2.32. The fourth-order valence-corrected chi connectivity index (χ4v) is 1.79. The van der Waals surface area contributed by atoms with Gasteiger partial charge in [-0.05, 0) is 6.07 Å². The average Bonchev–Trinajstić information content (AvgIpc) is 2.89. The number of aromatic nitrogens is 2. The maximum Gasteiger partial charge on any atom is 0.338 e. The molecule has 0 atom stereocenters. The number of halogens is 2. The van der Waals surface area contributed by atoms with Crippen molar-refractivity contribution in [2.75, 3.05) is 7.11 Å². The zero-order valence-electron chi connectivity index (χ0n) is 11.0. The van der Waals surface area contributed by atoms with E-state index in [2.05, 4.69) is 9.84 Å². The van der Waals surface area contributed by atoms with Crippen molar-refractivity contribution in [3.63, 3.8) is 0 Å². The molecule has 2 aromatic rings. The van der Waals surface area contributed by atoms with Crippen molar-refractivity contribution < 1.29 is 28.3 Å². The molecule has 112 valence electrons. The van der Waals surface area contributed by atoms with Gasteiger partial charge in [0.2, 0.25) is 5.88 Å². The van der Waals surface area contributed by atoms with Crippen LogP contribution in [0.3, 0.4) is 0 Å². The van der Waals surface area contributed by atoms with Crippen LogP contribution in [0, 0.1) is 0 Å². The highest BCUT2D eigenvalue weighted by molar-refractivity contribution is 5.91. The van der Waals surface area contributed by atoms with Gasteiger partial charge in [-0.25, -0.2) is 13.6 Å². The number of esters is 1. The Bertz CT molecular complexity index is 643. The van der Waals surface area contributed by atoms with E-state index < -0.39 is 12.4 Å². The molecule has 0 fully saturated rings. The fraction of sp³-hybridized carbons (Fsp3) is 0.231. The smallest absolute Gasteiger partial charge is 0.338 e. The van der Waals surface area contributed by atoms with Crippen molar-refractivity contribution in [3.8, 4) is 5.88 Å². The molecular weight excluding hydrogens is 286 g/mol. The molecule has 1 N–H and O–H groups in total. The summed E-state index contributed by atoms with van der Waals surface area (Å²) in [4.78, 5) is 12.2. The average molecular weight is 298 g/mol. The SMILES string of the molecule is COC(=O)c1cccc(C(F)F)c1COc1ccn(O)n1. The number of hydrogen-bond donors (Lipinski definition) is 1. The standard InChI is InChI=1S/C13H12F2N2O4/c1-20-13(18)9-4-2-3-8(12(14)15)10(9)7-21-11-5-6-17(19)16-11/h2-6,12,19H,7H2,1H3. The number of carbonyl (C=O) groups is 1. The summed E-state index contributed by atoms with van der Waals surface area (Å²) in [5, 5.41) is 12.5. The molecule has 0 aliphatic heterocycles. The molecular formula is C13H12F2N2O4. The minimum absolute atomic E-state index is 0.00117. The van der Waals surface area contributed by atoms with Crippen LogP contribution in [0.4, 0.5) is 8.78 Å². The Morgan fingerprint density at radius 2 is 2.19 bits per heavy atom. The predicted molar refractivity (Wildman–Crippen MR) is 66.5 cm³/mol. The van der Waals surface area contributed by atoms with Gasteiger partial charge >= 0.3 is 5.97 Å². The second kappa shape index (κ2) is 6.21. The van der Waals surface area contributed by atoms with Gasteiger partial charge < -0.3 is 14.7 Å². The number of ether oxygens (including phenoxy) is 2. The first-order valence-electron chi connectivity index (χ1n) is 5.89. The second-order valence-corrected chi connectivity index (χ2v) is 4.03. The summed E-state index contributed by atoms with van der Waals surface area (Å²) in [5.74, 6) is -0.693. The van der Waals surface area contributed by atoms with Crippen LogP contribution >= 0.6 is 0 Å². The maximum absolute atomic E-state index is 13.0. The van der Waals surface area contributed by atoms with Crippen LogP contribution in [0.15, 0.2) is 30.5 Å². The van der Waals surface area contributed by atoms with Crippen LogP contribution in [-0.4, -0.2) is 28.2 Å². The minimum Gasteiger partial charge on any atom is -0.472 e. The van der Waals surface area contributed by atoms with Crippen LogP contribution in [-0.2, 0) is 11.3 Å². The Kier molecular flexibility index (Phi) is 4.36. The van der Waals surface area contributed by atoms with E-state index in [0.29, 0.717) is 4.85 Å². The van der Waals surface area contributed by atoms with Gasteiger partial charge in [0.15, 0.2) is 0 Å². The number of benzene rings is 1. The summed E-state index contributed by atoms with van der Waals surface area (Å²) in [7, 11) is 1.16. The highest BCUT2D eigenvalue weighted by atomic mass is 19.3. The number of methoxy groups -OCH3 is 1. The number of hydrogen-bond acceptors (Lipinski definition) is 5. The highest BCUT2D eigenvalue weighted by Crippen LogP contribution is 2.27. The Morgan fingerprint density at radius 1 is 1.43 bits per heavy atom. The molecule has 21 heavy (non-hydrogen) atoms. The van der Waals surface area contributed by atoms with E-state index in [1.807, 2.05) is 0 Å². The van der Waals surface area contributed by atoms with Gasteiger partial charge in [-0.15, -0.1) is 4.85 Å². The molecule has 1 aromatic heterocycles. The van der Waals surface area contributed by atoms with E-state index in [1.165, 1.54) is 30.5 Å². The third-order valence-electron chi connectivity index (χ3n) is 2.77. The number of nitrogens with zero attached hydrogens (tertiary/aromatic N) is 2. The molecule has 0 aliphatic carbocycles. The van der Waals surface area contributed by atoms with Crippen LogP contribution in [0.1, 0.15) is 27.9 Å². The van der Waals surface area contributed by atoms with Crippen LogP contribution in [0.5, 0.6) is 5.88 Å². The number of alkyl halides is 2. The molecule has 0 radical (unpaired) electrons. The topological polar surface area (TPSA) is 73.6 Å². The zero-order chi connectivity index (χ0) is 15.4. The largest absolute Gasteiger partial charge is 0.472 e.